The third-order valence-electron chi connectivity index (χ3n) is 4.88. The summed E-state index contributed by atoms with van der Waals surface area (Å²) in [6.07, 6.45) is -2.06. The number of carbonyl (C=O) groups is 5. The van der Waals surface area contributed by atoms with Gasteiger partial charge in [0.15, 0.2) is 6.04 Å². The fourth-order valence-corrected chi connectivity index (χ4v) is 3.13. The van der Waals surface area contributed by atoms with Crippen molar-refractivity contribution in [3.63, 3.8) is 0 Å². The van der Waals surface area contributed by atoms with Crippen molar-refractivity contribution < 1.29 is 44.4 Å². The van der Waals surface area contributed by atoms with Gasteiger partial charge in [0, 0.05) is 18.6 Å². The fourth-order valence-electron chi connectivity index (χ4n) is 2.87. The average molecular weight is 515 g/mol. The Morgan fingerprint density at radius 1 is 0.943 bits per heavy atom. The SMILES string of the molecule is CC(O)C(NC(=O)C(Cc1ccc(O)cc1)NC(=O)C(CS)NC(=O)C(N)CCC(=O)O)C(=O)O. The van der Waals surface area contributed by atoms with E-state index in [1.165, 1.54) is 31.2 Å². The first-order valence-electron chi connectivity index (χ1n) is 10.5. The summed E-state index contributed by atoms with van der Waals surface area (Å²) in [5.41, 5.74) is 6.16. The van der Waals surface area contributed by atoms with Crippen molar-refractivity contribution in [1.82, 2.24) is 16.0 Å². The number of aliphatic carboxylic acids is 2. The molecule has 13 nitrogen and oxygen atoms in total. The summed E-state index contributed by atoms with van der Waals surface area (Å²) in [7, 11) is 0. The van der Waals surface area contributed by atoms with Gasteiger partial charge in [-0.2, -0.15) is 12.6 Å². The molecule has 0 saturated carbocycles. The van der Waals surface area contributed by atoms with Crippen LogP contribution in [-0.4, -0.2) is 86.1 Å². The van der Waals surface area contributed by atoms with Gasteiger partial charge in [0.2, 0.25) is 17.7 Å². The van der Waals surface area contributed by atoms with Crippen LogP contribution in [0.4, 0.5) is 0 Å². The molecule has 1 rings (SSSR count). The maximum atomic E-state index is 12.8. The molecule has 14 heteroatoms. The quantitative estimate of drug-likeness (QED) is 0.124. The van der Waals surface area contributed by atoms with Crippen LogP contribution in [-0.2, 0) is 30.4 Å². The summed E-state index contributed by atoms with van der Waals surface area (Å²) in [5.74, 6) is -5.39. The Balaban J connectivity index is 3.01. The lowest BCUT2D eigenvalue weighted by molar-refractivity contribution is -0.145. The van der Waals surface area contributed by atoms with E-state index in [0.29, 0.717) is 5.56 Å². The highest BCUT2D eigenvalue weighted by atomic mass is 32.1. The number of aliphatic hydroxyl groups is 1. The molecule has 5 unspecified atom stereocenters. The second-order valence-corrected chi connectivity index (χ2v) is 8.14. The second kappa shape index (κ2) is 14.1. The van der Waals surface area contributed by atoms with Gasteiger partial charge in [-0.15, -0.1) is 0 Å². The van der Waals surface area contributed by atoms with Crippen LogP contribution in [0.1, 0.15) is 25.3 Å². The Hall–Kier alpha value is -3.36. The highest BCUT2D eigenvalue weighted by molar-refractivity contribution is 7.80. The summed E-state index contributed by atoms with van der Waals surface area (Å²) in [6, 6.07) is 0.286. The van der Waals surface area contributed by atoms with E-state index in [2.05, 4.69) is 28.6 Å². The smallest absolute Gasteiger partial charge is 0.328 e. The molecule has 5 atom stereocenters. The number of carboxylic acids is 2. The molecular formula is C21H30N4O9S. The number of hydrogen-bond donors (Lipinski definition) is 9. The first-order chi connectivity index (χ1) is 16.3. The van der Waals surface area contributed by atoms with Gasteiger partial charge in [0.25, 0.3) is 0 Å². The number of aromatic hydroxyl groups is 1. The maximum absolute atomic E-state index is 12.8. The monoisotopic (exact) mass is 514 g/mol. The summed E-state index contributed by atoms with van der Waals surface area (Å²) in [6.45, 7) is 1.17. The zero-order chi connectivity index (χ0) is 26.7. The number of amides is 3. The Morgan fingerprint density at radius 2 is 1.49 bits per heavy atom. The molecule has 9 N–H and O–H groups in total. The number of rotatable bonds is 14. The van der Waals surface area contributed by atoms with Crippen molar-refractivity contribution in [2.75, 3.05) is 5.75 Å². The van der Waals surface area contributed by atoms with Crippen LogP contribution >= 0.6 is 12.6 Å². The fraction of sp³-hybridized carbons (Fsp3) is 0.476. The van der Waals surface area contributed by atoms with Gasteiger partial charge < -0.3 is 42.1 Å². The number of phenols is 1. The molecule has 0 heterocycles. The van der Waals surface area contributed by atoms with Crippen LogP contribution < -0.4 is 21.7 Å². The van der Waals surface area contributed by atoms with Crippen molar-refractivity contribution in [3.05, 3.63) is 29.8 Å². The Bertz CT molecular complexity index is 911. The normalized spacial score (nSPS) is 15.1. The zero-order valence-electron chi connectivity index (χ0n) is 18.9. The Labute approximate surface area is 206 Å². The largest absolute Gasteiger partial charge is 0.508 e. The number of aliphatic hydroxyl groups excluding tert-OH is 1. The number of thiol groups is 1. The lowest BCUT2D eigenvalue weighted by atomic mass is 10.0. The molecule has 0 aromatic heterocycles. The van der Waals surface area contributed by atoms with Crippen molar-refractivity contribution in [2.24, 2.45) is 5.73 Å². The maximum Gasteiger partial charge on any atom is 0.328 e. The summed E-state index contributed by atoms with van der Waals surface area (Å²) in [5, 5.41) is 44.0. The van der Waals surface area contributed by atoms with E-state index in [-0.39, 0.29) is 30.8 Å². The molecule has 194 valence electrons. The van der Waals surface area contributed by atoms with Gasteiger partial charge >= 0.3 is 11.9 Å². The highest BCUT2D eigenvalue weighted by Crippen LogP contribution is 2.12. The van der Waals surface area contributed by atoms with E-state index >= 15 is 0 Å². The van der Waals surface area contributed by atoms with E-state index in [1.54, 1.807) is 0 Å². The second-order valence-electron chi connectivity index (χ2n) is 7.78. The van der Waals surface area contributed by atoms with Crippen molar-refractivity contribution in [2.45, 2.75) is 56.5 Å². The highest BCUT2D eigenvalue weighted by Gasteiger charge is 2.31. The summed E-state index contributed by atoms with van der Waals surface area (Å²) in [4.78, 5) is 59.9. The van der Waals surface area contributed by atoms with Gasteiger partial charge in [-0.1, -0.05) is 12.1 Å². The van der Waals surface area contributed by atoms with E-state index in [9.17, 15) is 39.3 Å². The molecule has 0 aliphatic carbocycles. The lowest BCUT2D eigenvalue weighted by Gasteiger charge is -2.25. The molecule has 3 amide bonds. The number of nitrogens with two attached hydrogens (primary N) is 1. The lowest BCUT2D eigenvalue weighted by Crippen LogP contribution is -2.59. The average Bonchev–Trinajstić information content (AvgIpc) is 2.79. The predicted molar refractivity (Wildman–Crippen MR) is 126 cm³/mol. The van der Waals surface area contributed by atoms with Crippen LogP contribution in [0, 0.1) is 0 Å². The number of carboxylic acid groups (broad SMARTS) is 2. The van der Waals surface area contributed by atoms with Crippen LogP contribution in [0.25, 0.3) is 0 Å². The minimum absolute atomic E-state index is 0.0316. The molecule has 0 spiro atoms. The number of phenolic OH excluding ortho intramolecular Hbond substituents is 1. The molecule has 0 aliphatic rings. The molecule has 35 heavy (non-hydrogen) atoms. The minimum Gasteiger partial charge on any atom is -0.508 e. The van der Waals surface area contributed by atoms with E-state index in [4.69, 9.17) is 10.8 Å². The Kier molecular flexibility index (Phi) is 12.0. The van der Waals surface area contributed by atoms with Gasteiger partial charge in [-0.05, 0) is 31.0 Å². The van der Waals surface area contributed by atoms with Gasteiger partial charge in [-0.3, -0.25) is 19.2 Å². The molecule has 0 bridgehead atoms. The molecule has 0 fully saturated rings. The number of benzene rings is 1. The third-order valence-corrected chi connectivity index (χ3v) is 5.24. The van der Waals surface area contributed by atoms with Gasteiger partial charge in [0.1, 0.15) is 17.8 Å². The first kappa shape index (κ1) is 29.7. The van der Waals surface area contributed by atoms with E-state index < -0.39 is 59.9 Å². The predicted octanol–water partition coefficient (Wildman–Crippen LogP) is -2.02. The number of nitrogens with one attached hydrogen (secondary N) is 3. The van der Waals surface area contributed by atoms with Crippen LogP contribution in [0.5, 0.6) is 5.75 Å². The molecule has 0 saturated heterocycles. The van der Waals surface area contributed by atoms with Gasteiger partial charge in [-0.25, -0.2) is 4.79 Å². The topological polar surface area (TPSA) is 228 Å². The first-order valence-corrected chi connectivity index (χ1v) is 11.2. The number of hydrogen-bond acceptors (Lipinski definition) is 9. The van der Waals surface area contributed by atoms with Crippen molar-refractivity contribution in [3.8, 4) is 5.75 Å². The summed E-state index contributed by atoms with van der Waals surface area (Å²) < 4.78 is 0. The minimum atomic E-state index is -1.64. The summed E-state index contributed by atoms with van der Waals surface area (Å²) >= 11 is 4.03. The van der Waals surface area contributed by atoms with Crippen LogP contribution in [0.3, 0.4) is 0 Å². The molecule has 0 aliphatic heterocycles. The van der Waals surface area contributed by atoms with Crippen molar-refractivity contribution in [1.29, 1.82) is 0 Å². The van der Waals surface area contributed by atoms with E-state index in [0.717, 1.165) is 0 Å². The molecule has 1 aromatic carbocycles. The number of carbonyl (C=O) groups excluding carboxylic acids is 3. The Morgan fingerprint density at radius 3 is 1.97 bits per heavy atom. The van der Waals surface area contributed by atoms with E-state index in [1.807, 2.05) is 0 Å². The molecule has 1 aromatic rings. The van der Waals surface area contributed by atoms with Crippen LogP contribution in [0.15, 0.2) is 24.3 Å². The van der Waals surface area contributed by atoms with Crippen molar-refractivity contribution >= 4 is 42.3 Å². The van der Waals surface area contributed by atoms with Crippen LogP contribution in [0.2, 0.25) is 0 Å². The third kappa shape index (κ3) is 10.2. The van der Waals surface area contributed by atoms with Gasteiger partial charge in [0.05, 0.1) is 12.1 Å². The molecule has 0 radical (unpaired) electrons. The standard InChI is InChI=1S/C21H30N4O9S/c1-10(26)17(21(33)34)25-19(31)14(8-11-2-4-12(27)5-3-11)23-20(32)15(9-35)24-18(30)13(22)6-7-16(28)29/h2-5,10,13-15,17,26-27,35H,6-9,22H2,1H3,(H,23,32)(H,24,30)(H,25,31)(H,28,29)(H,33,34). The molecular weight excluding hydrogens is 484 g/mol. The zero-order valence-corrected chi connectivity index (χ0v) is 19.8.